The van der Waals surface area contributed by atoms with Gasteiger partial charge in [0, 0.05) is 37.6 Å². The van der Waals surface area contributed by atoms with E-state index < -0.39 is 0 Å². The number of amides is 2. The van der Waals surface area contributed by atoms with Crippen molar-refractivity contribution in [3.63, 3.8) is 0 Å². The molecular weight excluding hydrogens is 333 g/mol. The molecule has 1 aliphatic rings. The van der Waals surface area contributed by atoms with Crippen molar-refractivity contribution in [1.82, 2.24) is 4.90 Å². The Morgan fingerprint density at radius 1 is 1.00 bits per heavy atom. The number of hydrogen-bond donors (Lipinski definition) is 1. The molecule has 138 valence electrons. The van der Waals surface area contributed by atoms with Gasteiger partial charge in [0.05, 0.1) is 6.10 Å². The summed E-state index contributed by atoms with van der Waals surface area (Å²) in [6.07, 6.45) is 0.118. The van der Waals surface area contributed by atoms with Gasteiger partial charge in [-0.15, -0.1) is 0 Å². The van der Waals surface area contributed by atoms with Crippen molar-refractivity contribution in [2.45, 2.75) is 20.0 Å². The van der Waals surface area contributed by atoms with Gasteiger partial charge in [-0.25, -0.2) is 9.18 Å². The average Bonchev–Trinajstić information content (AvgIpc) is 2.64. The molecule has 5 nitrogen and oxygen atoms in total. The number of rotatable bonds is 4. The number of anilines is 2. The van der Waals surface area contributed by atoms with E-state index in [4.69, 9.17) is 4.74 Å². The summed E-state index contributed by atoms with van der Waals surface area (Å²) in [5.41, 5.74) is 1.72. The van der Waals surface area contributed by atoms with E-state index in [0.717, 1.165) is 30.2 Å². The molecule has 1 N–H and O–H groups in total. The maximum Gasteiger partial charge on any atom is 0.321 e. The lowest BCUT2D eigenvalue weighted by Gasteiger charge is -2.36. The SMILES string of the molecule is CC(C)Oc1ccc(NC(=O)N2CCN(c3ccc(F)cc3)CC2)cc1. The second-order valence-corrected chi connectivity index (χ2v) is 6.57. The Morgan fingerprint density at radius 3 is 2.19 bits per heavy atom. The summed E-state index contributed by atoms with van der Waals surface area (Å²) in [4.78, 5) is 16.4. The Kier molecular flexibility index (Phi) is 5.61. The number of carbonyl (C=O) groups excluding carboxylic acids is 1. The molecule has 2 aromatic rings. The van der Waals surface area contributed by atoms with Gasteiger partial charge in [0.2, 0.25) is 0 Å². The summed E-state index contributed by atoms with van der Waals surface area (Å²) in [7, 11) is 0. The molecule has 0 bridgehead atoms. The van der Waals surface area contributed by atoms with Gasteiger partial charge in [-0.3, -0.25) is 0 Å². The molecule has 1 aliphatic heterocycles. The van der Waals surface area contributed by atoms with Crippen LogP contribution < -0.4 is 15.0 Å². The van der Waals surface area contributed by atoms with Crippen LogP contribution in [-0.2, 0) is 0 Å². The lowest BCUT2D eigenvalue weighted by Crippen LogP contribution is -2.50. The van der Waals surface area contributed by atoms with Gasteiger partial charge in [0.25, 0.3) is 0 Å². The fraction of sp³-hybridized carbons (Fsp3) is 0.350. The van der Waals surface area contributed by atoms with E-state index in [1.165, 1.54) is 12.1 Å². The molecule has 0 aromatic heterocycles. The summed E-state index contributed by atoms with van der Waals surface area (Å²) >= 11 is 0. The number of halogens is 1. The predicted molar refractivity (Wildman–Crippen MR) is 101 cm³/mol. The van der Waals surface area contributed by atoms with E-state index in [1.807, 2.05) is 38.1 Å². The Morgan fingerprint density at radius 2 is 1.62 bits per heavy atom. The van der Waals surface area contributed by atoms with Crippen molar-refractivity contribution in [1.29, 1.82) is 0 Å². The number of hydrogen-bond acceptors (Lipinski definition) is 3. The monoisotopic (exact) mass is 357 g/mol. The first-order valence-corrected chi connectivity index (χ1v) is 8.84. The van der Waals surface area contributed by atoms with Gasteiger partial charge in [-0.05, 0) is 62.4 Å². The van der Waals surface area contributed by atoms with E-state index >= 15 is 0 Å². The van der Waals surface area contributed by atoms with Gasteiger partial charge >= 0.3 is 6.03 Å². The number of urea groups is 1. The summed E-state index contributed by atoms with van der Waals surface area (Å²) in [6, 6.07) is 13.7. The Balaban J connectivity index is 1.51. The van der Waals surface area contributed by atoms with Gasteiger partial charge < -0.3 is 19.9 Å². The molecule has 6 heteroatoms. The van der Waals surface area contributed by atoms with Crippen LogP contribution in [0.15, 0.2) is 48.5 Å². The topological polar surface area (TPSA) is 44.8 Å². The predicted octanol–water partition coefficient (Wildman–Crippen LogP) is 3.97. The summed E-state index contributed by atoms with van der Waals surface area (Å²) in [6.45, 7) is 6.64. The highest BCUT2D eigenvalue weighted by atomic mass is 19.1. The van der Waals surface area contributed by atoms with Crippen molar-refractivity contribution in [3.05, 3.63) is 54.3 Å². The van der Waals surface area contributed by atoms with Crippen LogP contribution in [0.5, 0.6) is 5.75 Å². The fourth-order valence-corrected chi connectivity index (χ4v) is 2.91. The molecule has 2 amide bonds. The molecule has 1 fully saturated rings. The van der Waals surface area contributed by atoms with E-state index in [-0.39, 0.29) is 18.0 Å². The smallest absolute Gasteiger partial charge is 0.321 e. The quantitative estimate of drug-likeness (QED) is 0.901. The first-order chi connectivity index (χ1) is 12.5. The highest BCUT2D eigenvalue weighted by molar-refractivity contribution is 5.89. The molecule has 0 unspecified atom stereocenters. The molecule has 0 atom stereocenters. The van der Waals surface area contributed by atoms with Gasteiger partial charge in [0.15, 0.2) is 0 Å². The van der Waals surface area contributed by atoms with E-state index in [1.54, 1.807) is 17.0 Å². The number of benzene rings is 2. The highest BCUT2D eigenvalue weighted by Gasteiger charge is 2.21. The zero-order valence-corrected chi connectivity index (χ0v) is 15.1. The van der Waals surface area contributed by atoms with Gasteiger partial charge in [-0.1, -0.05) is 0 Å². The second-order valence-electron chi connectivity index (χ2n) is 6.57. The van der Waals surface area contributed by atoms with Crippen LogP contribution in [0.4, 0.5) is 20.6 Å². The van der Waals surface area contributed by atoms with E-state index in [0.29, 0.717) is 13.1 Å². The first kappa shape index (κ1) is 18.0. The van der Waals surface area contributed by atoms with Crippen LogP contribution in [0.2, 0.25) is 0 Å². The molecule has 1 saturated heterocycles. The van der Waals surface area contributed by atoms with Crippen LogP contribution in [-0.4, -0.2) is 43.2 Å². The van der Waals surface area contributed by atoms with E-state index in [9.17, 15) is 9.18 Å². The number of nitrogens with one attached hydrogen (secondary N) is 1. The molecule has 26 heavy (non-hydrogen) atoms. The minimum absolute atomic E-state index is 0.110. The minimum atomic E-state index is -0.239. The van der Waals surface area contributed by atoms with Crippen molar-refractivity contribution >= 4 is 17.4 Å². The molecule has 2 aromatic carbocycles. The van der Waals surface area contributed by atoms with Crippen molar-refractivity contribution in [2.24, 2.45) is 0 Å². The molecule has 0 spiro atoms. The maximum absolute atomic E-state index is 13.0. The summed E-state index contributed by atoms with van der Waals surface area (Å²) in [5.74, 6) is 0.544. The third-order valence-electron chi connectivity index (χ3n) is 4.24. The zero-order chi connectivity index (χ0) is 18.5. The lowest BCUT2D eigenvalue weighted by atomic mass is 10.2. The van der Waals surface area contributed by atoms with Gasteiger partial charge in [0.1, 0.15) is 11.6 Å². The van der Waals surface area contributed by atoms with Crippen molar-refractivity contribution < 1.29 is 13.9 Å². The number of carbonyl (C=O) groups is 1. The zero-order valence-electron chi connectivity index (χ0n) is 15.1. The maximum atomic E-state index is 13.0. The molecule has 3 rings (SSSR count). The Bertz CT molecular complexity index is 724. The number of nitrogens with zero attached hydrogens (tertiary/aromatic N) is 2. The van der Waals surface area contributed by atoms with Crippen LogP contribution in [0.3, 0.4) is 0 Å². The average molecular weight is 357 g/mol. The molecular formula is C20H24FN3O2. The fourth-order valence-electron chi connectivity index (χ4n) is 2.91. The standard InChI is InChI=1S/C20H24FN3O2/c1-15(2)26-19-9-5-17(6-10-19)22-20(25)24-13-11-23(12-14-24)18-7-3-16(21)4-8-18/h3-10,15H,11-14H2,1-2H3,(H,22,25). The number of piperazine rings is 1. The van der Waals surface area contributed by atoms with Crippen molar-refractivity contribution in [2.75, 3.05) is 36.4 Å². The summed E-state index contributed by atoms with van der Waals surface area (Å²) in [5, 5.41) is 2.92. The van der Waals surface area contributed by atoms with Crippen molar-refractivity contribution in [3.8, 4) is 5.75 Å². The second kappa shape index (κ2) is 8.08. The third-order valence-corrected chi connectivity index (χ3v) is 4.24. The van der Waals surface area contributed by atoms with E-state index in [2.05, 4.69) is 10.2 Å². The minimum Gasteiger partial charge on any atom is -0.491 e. The lowest BCUT2D eigenvalue weighted by molar-refractivity contribution is 0.208. The largest absolute Gasteiger partial charge is 0.491 e. The molecule has 0 radical (unpaired) electrons. The van der Waals surface area contributed by atoms with Crippen LogP contribution in [0.1, 0.15) is 13.8 Å². The summed E-state index contributed by atoms with van der Waals surface area (Å²) < 4.78 is 18.6. The Labute approximate surface area is 153 Å². The third kappa shape index (κ3) is 4.65. The number of ether oxygens (including phenoxy) is 1. The van der Waals surface area contributed by atoms with Gasteiger partial charge in [-0.2, -0.15) is 0 Å². The molecule has 1 heterocycles. The first-order valence-electron chi connectivity index (χ1n) is 8.84. The normalized spacial score (nSPS) is 14.5. The van der Waals surface area contributed by atoms with Crippen LogP contribution >= 0.6 is 0 Å². The Hall–Kier alpha value is -2.76. The van der Waals surface area contributed by atoms with Crippen LogP contribution in [0.25, 0.3) is 0 Å². The molecule has 0 aliphatic carbocycles. The molecule has 0 saturated carbocycles. The highest BCUT2D eigenvalue weighted by Crippen LogP contribution is 2.19. The van der Waals surface area contributed by atoms with Crippen LogP contribution in [0, 0.1) is 5.82 Å².